The number of aromatic nitrogens is 2. The number of furan rings is 1. The zero-order valence-electron chi connectivity index (χ0n) is 28.8. The first-order chi connectivity index (χ1) is 26.8. The summed E-state index contributed by atoms with van der Waals surface area (Å²) in [5.74, 6) is 1.63. The van der Waals surface area contributed by atoms with Gasteiger partial charge in [0.15, 0.2) is 5.58 Å². The lowest BCUT2D eigenvalue weighted by Gasteiger charge is -2.32. The summed E-state index contributed by atoms with van der Waals surface area (Å²) in [5, 5.41) is 6.97. The van der Waals surface area contributed by atoms with Crippen molar-refractivity contribution in [3.8, 4) is 45.1 Å². The molecule has 13 rings (SSSR count). The molecule has 5 nitrogen and oxygen atoms in total. The van der Waals surface area contributed by atoms with Gasteiger partial charge in [-0.3, -0.25) is 0 Å². The molecule has 2 aliphatic heterocycles. The van der Waals surface area contributed by atoms with Crippen molar-refractivity contribution in [2.75, 3.05) is 0 Å². The zero-order chi connectivity index (χ0) is 35.1. The van der Waals surface area contributed by atoms with E-state index in [1.54, 1.807) is 0 Å². The van der Waals surface area contributed by atoms with E-state index in [9.17, 15) is 0 Å². The third-order valence-corrected chi connectivity index (χ3v) is 11.5. The second-order valence-electron chi connectivity index (χ2n) is 14.3. The fourth-order valence-corrected chi connectivity index (χ4v) is 9.42. The molecule has 0 saturated heterocycles. The highest BCUT2D eigenvalue weighted by atomic mass is 16.6. The molecule has 0 bridgehead atoms. The molecule has 8 aromatic carbocycles. The summed E-state index contributed by atoms with van der Waals surface area (Å²) < 4.78 is 25.0. The highest BCUT2D eigenvalue weighted by Crippen LogP contribution is 2.50. The number of benzene rings is 8. The molecule has 0 N–H and O–H groups in total. The predicted molar refractivity (Wildman–Crippen MR) is 220 cm³/mol. The maximum absolute atomic E-state index is 7.09. The van der Waals surface area contributed by atoms with E-state index in [0.717, 1.165) is 94.6 Å². The zero-order valence-corrected chi connectivity index (χ0v) is 28.8. The van der Waals surface area contributed by atoms with Gasteiger partial charge in [0.2, 0.25) is 0 Å². The van der Waals surface area contributed by atoms with Crippen LogP contribution in [0.5, 0.6) is 11.5 Å². The second kappa shape index (κ2) is 10.2. The van der Waals surface area contributed by atoms with E-state index in [-0.39, 0.29) is 0 Å². The highest BCUT2D eigenvalue weighted by molar-refractivity contribution is 6.68. The molecule has 5 heterocycles. The van der Waals surface area contributed by atoms with Gasteiger partial charge in [-0.1, -0.05) is 109 Å². The summed E-state index contributed by atoms with van der Waals surface area (Å²) >= 11 is 0. The summed E-state index contributed by atoms with van der Waals surface area (Å²) in [7, 11) is -0.544. The molecule has 0 radical (unpaired) electrons. The van der Waals surface area contributed by atoms with Crippen molar-refractivity contribution in [3.63, 3.8) is 0 Å². The Morgan fingerprint density at radius 3 is 1.59 bits per heavy atom. The molecule has 54 heavy (non-hydrogen) atoms. The number of para-hydroxylation sites is 6. The maximum Gasteiger partial charge on any atom is 0.633 e. The monoisotopic (exact) mass is 690 g/mol. The Morgan fingerprint density at radius 1 is 0.407 bits per heavy atom. The van der Waals surface area contributed by atoms with Crippen molar-refractivity contribution in [2.24, 2.45) is 0 Å². The van der Waals surface area contributed by atoms with E-state index in [2.05, 4.69) is 149 Å². The average Bonchev–Trinajstić information content (AvgIpc) is 3.89. The van der Waals surface area contributed by atoms with Crippen LogP contribution in [0.1, 0.15) is 0 Å². The molecule has 0 spiro atoms. The number of fused-ring (bicyclic) bond motifs is 16. The Balaban J connectivity index is 1.28. The lowest BCUT2D eigenvalue weighted by Crippen LogP contribution is -2.49. The second-order valence-corrected chi connectivity index (χ2v) is 14.3. The van der Waals surface area contributed by atoms with Crippen molar-refractivity contribution in [3.05, 3.63) is 164 Å². The van der Waals surface area contributed by atoms with Gasteiger partial charge in [0.25, 0.3) is 0 Å². The van der Waals surface area contributed by atoms with E-state index < -0.39 is 7.12 Å². The van der Waals surface area contributed by atoms with E-state index >= 15 is 0 Å². The van der Waals surface area contributed by atoms with E-state index in [1.165, 1.54) is 21.5 Å². The Morgan fingerprint density at radius 2 is 0.926 bits per heavy atom. The summed E-state index contributed by atoms with van der Waals surface area (Å²) in [6, 6.07) is 58.0. The standard InChI is InChI=1S/C48H27BN2O3/c1-2-14-28(15-3-1)50-37-21-9-4-18-32(37)42-43-33-19-5-10-22-38(33)51(47(43)48-44(46(42)50)34-20-8-11-23-39(34)52-48)29-26-35-30-16-6-12-24-40(30)53-49-45(35)36(27-29)31-17-7-13-25-41(31)54-49/h1-27H. The lowest BCUT2D eigenvalue weighted by molar-refractivity contribution is 0.436. The van der Waals surface area contributed by atoms with Gasteiger partial charge in [-0.05, 0) is 65.7 Å². The fourth-order valence-electron chi connectivity index (χ4n) is 9.42. The van der Waals surface area contributed by atoms with Gasteiger partial charge >= 0.3 is 7.12 Å². The first-order valence-corrected chi connectivity index (χ1v) is 18.4. The van der Waals surface area contributed by atoms with Crippen molar-refractivity contribution in [2.45, 2.75) is 0 Å². The molecule has 0 saturated carbocycles. The molecule has 6 heteroatoms. The number of hydrogen-bond donors (Lipinski definition) is 0. The van der Waals surface area contributed by atoms with Crippen molar-refractivity contribution >= 4 is 78.1 Å². The molecular weight excluding hydrogens is 663 g/mol. The molecular formula is C48H27BN2O3. The SMILES string of the molecule is c1ccc(-n2c3ccccc3c3c4c5ccccc5n(-c5cc6c7c(c5)-c5ccccc5OB7Oc5ccccc5-6)c4c4oc5ccccc5c4c32)cc1. The van der Waals surface area contributed by atoms with Gasteiger partial charge in [-0.2, -0.15) is 0 Å². The van der Waals surface area contributed by atoms with Gasteiger partial charge in [0.1, 0.15) is 17.1 Å². The van der Waals surface area contributed by atoms with Crippen LogP contribution < -0.4 is 14.8 Å². The Hall–Kier alpha value is -7.18. The summed E-state index contributed by atoms with van der Waals surface area (Å²) in [4.78, 5) is 0. The number of nitrogens with zero attached hydrogens (tertiary/aromatic N) is 2. The molecule has 0 fully saturated rings. The van der Waals surface area contributed by atoms with Gasteiger partial charge < -0.3 is 22.9 Å². The minimum atomic E-state index is -0.544. The molecule has 0 amide bonds. The number of rotatable bonds is 2. The molecule has 0 unspecified atom stereocenters. The Kier molecular flexibility index (Phi) is 5.39. The summed E-state index contributed by atoms with van der Waals surface area (Å²) in [6.45, 7) is 0. The largest absolute Gasteiger partial charge is 0.633 e. The first kappa shape index (κ1) is 28.4. The normalized spacial score (nSPS) is 13.1. The Labute approximate surface area is 308 Å². The third kappa shape index (κ3) is 3.55. The molecule has 2 aliphatic rings. The van der Waals surface area contributed by atoms with Crippen LogP contribution in [0.15, 0.2) is 168 Å². The molecule has 0 aliphatic carbocycles. The third-order valence-electron chi connectivity index (χ3n) is 11.5. The molecule has 250 valence electrons. The highest BCUT2D eigenvalue weighted by Gasteiger charge is 2.42. The fraction of sp³-hybridized carbons (Fsp3) is 0. The van der Waals surface area contributed by atoms with Gasteiger partial charge in [0.05, 0.1) is 27.5 Å². The Bertz CT molecular complexity index is 3340. The van der Waals surface area contributed by atoms with Gasteiger partial charge in [-0.15, -0.1) is 0 Å². The van der Waals surface area contributed by atoms with Crippen LogP contribution in [-0.4, -0.2) is 16.3 Å². The minimum absolute atomic E-state index is 0.544. The van der Waals surface area contributed by atoms with Gasteiger partial charge in [0, 0.05) is 54.9 Å². The lowest BCUT2D eigenvalue weighted by atomic mass is 9.66. The average molecular weight is 691 g/mol. The van der Waals surface area contributed by atoms with Crippen molar-refractivity contribution < 1.29 is 13.7 Å². The first-order valence-electron chi connectivity index (χ1n) is 18.4. The van der Waals surface area contributed by atoms with E-state index in [0.29, 0.717) is 0 Å². The maximum atomic E-state index is 7.09. The van der Waals surface area contributed by atoms with Crippen LogP contribution in [0.4, 0.5) is 0 Å². The van der Waals surface area contributed by atoms with E-state index in [4.69, 9.17) is 13.7 Å². The van der Waals surface area contributed by atoms with Crippen LogP contribution >= 0.6 is 0 Å². The predicted octanol–water partition coefficient (Wildman–Crippen LogP) is 11.6. The van der Waals surface area contributed by atoms with E-state index in [1.807, 2.05) is 24.3 Å². The number of hydrogen-bond acceptors (Lipinski definition) is 3. The van der Waals surface area contributed by atoms with Crippen LogP contribution in [-0.2, 0) is 0 Å². The quantitative estimate of drug-likeness (QED) is 0.170. The van der Waals surface area contributed by atoms with Gasteiger partial charge in [-0.25, -0.2) is 0 Å². The summed E-state index contributed by atoms with van der Waals surface area (Å²) in [6.07, 6.45) is 0. The van der Waals surface area contributed by atoms with Crippen molar-refractivity contribution in [1.82, 2.24) is 9.13 Å². The topological polar surface area (TPSA) is 41.5 Å². The minimum Gasteiger partial charge on any atom is -0.521 e. The molecule has 11 aromatic rings. The molecule has 0 atom stereocenters. The van der Waals surface area contributed by atoms with Crippen molar-refractivity contribution in [1.29, 1.82) is 0 Å². The van der Waals surface area contributed by atoms with Crippen LogP contribution in [0, 0.1) is 0 Å². The van der Waals surface area contributed by atoms with Crippen LogP contribution in [0.25, 0.3) is 99.2 Å². The van der Waals surface area contributed by atoms with Crippen LogP contribution in [0.3, 0.4) is 0 Å². The smallest absolute Gasteiger partial charge is 0.521 e. The summed E-state index contributed by atoms with van der Waals surface area (Å²) in [5.41, 5.74) is 13.8. The molecule has 3 aromatic heterocycles. The van der Waals surface area contributed by atoms with Crippen LogP contribution in [0.2, 0.25) is 0 Å².